The van der Waals surface area contributed by atoms with Crippen LogP contribution < -0.4 is 9.47 Å². The third kappa shape index (κ3) is 3.51. The fourth-order valence-electron chi connectivity index (χ4n) is 7.18. The predicted octanol–water partition coefficient (Wildman–Crippen LogP) is 2.24. The first-order valence-corrected chi connectivity index (χ1v) is 14.2. The van der Waals surface area contributed by atoms with E-state index in [2.05, 4.69) is 0 Å². The number of nitro benzene ring substituents is 2. The summed E-state index contributed by atoms with van der Waals surface area (Å²) in [4.78, 5) is 85.3. The number of urea groups is 2. The SMILES string of the molecule is CCOC(=O)[C@]12N3Cc4c(OC)ccc([N+](=O)[O-])c4CN1C(=O)N1Cc4c(OC)ccc([N+](=O)[O-])c4CN(C3=O)[C@]12C(=O)OCC. The molecule has 2 fully saturated rings. The number of carbonyl (C=O) groups is 4. The Hall–Kier alpha value is -5.68. The smallest absolute Gasteiger partial charge is 0.358 e. The molecule has 4 aliphatic rings. The van der Waals surface area contributed by atoms with Gasteiger partial charge in [0.25, 0.3) is 22.7 Å². The van der Waals surface area contributed by atoms with Gasteiger partial charge in [0.1, 0.15) is 11.5 Å². The summed E-state index contributed by atoms with van der Waals surface area (Å²) in [6.07, 6.45) is 0. The molecule has 0 unspecified atom stereocenters. The highest BCUT2D eigenvalue weighted by Crippen LogP contribution is 2.59. The lowest BCUT2D eigenvalue weighted by molar-refractivity contribution is -0.386. The highest BCUT2D eigenvalue weighted by atomic mass is 16.6. The van der Waals surface area contributed by atoms with E-state index in [0.29, 0.717) is 0 Å². The predicted molar refractivity (Wildman–Crippen MR) is 151 cm³/mol. The fraction of sp³-hybridized carbons (Fsp3) is 0.429. The monoisotopic (exact) mass is 640 g/mol. The first-order valence-electron chi connectivity index (χ1n) is 14.2. The van der Waals surface area contributed by atoms with Crippen LogP contribution in [0.25, 0.3) is 0 Å². The van der Waals surface area contributed by atoms with Crippen LogP contribution in [0.5, 0.6) is 11.5 Å². The van der Waals surface area contributed by atoms with Crippen molar-refractivity contribution in [3.8, 4) is 11.5 Å². The van der Waals surface area contributed by atoms with Gasteiger partial charge in [-0.15, -0.1) is 0 Å². The van der Waals surface area contributed by atoms with Crippen molar-refractivity contribution >= 4 is 35.4 Å². The van der Waals surface area contributed by atoms with E-state index in [0.717, 1.165) is 19.6 Å². The summed E-state index contributed by atoms with van der Waals surface area (Å²) >= 11 is 0. The summed E-state index contributed by atoms with van der Waals surface area (Å²) in [6, 6.07) is 3.03. The Morgan fingerprint density at radius 3 is 1.28 bits per heavy atom. The Labute approximate surface area is 260 Å². The molecule has 0 saturated carbocycles. The number of nitro groups is 2. The van der Waals surface area contributed by atoms with Crippen LogP contribution in [0.4, 0.5) is 21.0 Å². The van der Waals surface area contributed by atoms with E-state index >= 15 is 0 Å². The maximum atomic E-state index is 14.7. The maximum absolute atomic E-state index is 14.7. The zero-order valence-corrected chi connectivity index (χ0v) is 25.1. The van der Waals surface area contributed by atoms with E-state index in [4.69, 9.17) is 18.9 Å². The van der Waals surface area contributed by atoms with Crippen LogP contribution in [0.3, 0.4) is 0 Å². The Bertz CT molecular complexity index is 1620. The molecule has 0 aliphatic carbocycles. The van der Waals surface area contributed by atoms with E-state index in [9.17, 15) is 39.4 Å². The van der Waals surface area contributed by atoms with Gasteiger partial charge in [-0.25, -0.2) is 19.2 Å². The Balaban J connectivity index is 1.74. The van der Waals surface area contributed by atoms with Crippen molar-refractivity contribution in [2.24, 2.45) is 0 Å². The lowest BCUT2D eigenvalue weighted by atomic mass is 9.90. The lowest BCUT2D eigenvalue weighted by Gasteiger charge is -2.43. The van der Waals surface area contributed by atoms with Crippen LogP contribution >= 0.6 is 0 Å². The van der Waals surface area contributed by atoms with Gasteiger partial charge in [0, 0.05) is 23.3 Å². The average molecular weight is 641 g/mol. The van der Waals surface area contributed by atoms with Crippen LogP contribution in [0, 0.1) is 20.2 Å². The number of amides is 4. The first kappa shape index (κ1) is 30.4. The van der Waals surface area contributed by atoms with Crippen LogP contribution in [0.2, 0.25) is 0 Å². The zero-order chi connectivity index (χ0) is 33.3. The van der Waals surface area contributed by atoms with Crippen LogP contribution in [-0.2, 0) is 45.2 Å². The van der Waals surface area contributed by atoms with E-state index < -0.39 is 82.7 Å². The van der Waals surface area contributed by atoms with Crippen molar-refractivity contribution in [2.45, 2.75) is 51.4 Å². The number of hydrogen-bond donors (Lipinski definition) is 0. The third-order valence-corrected chi connectivity index (χ3v) is 8.92. The Morgan fingerprint density at radius 1 is 0.674 bits per heavy atom. The van der Waals surface area contributed by atoms with Gasteiger partial charge in [0.2, 0.25) is 0 Å². The number of methoxy groups -OCH3 is 2. The number of rotatable bonds is 8. The number of nitrogens with zero attached hydrogens (tertiary/aromatic N) is 6. The first-order chi connectivity index (χ1) is 22.0. The molecular weight excluding hydrogens is 612 g/mol. The average Bonchev–Trinajstić information content (AvgIpc) is 3.19. The molecule has 4 amide bonds. The molecule has 2 atom stereocenters. The highest BCUT2D eigenvalue weighted by molar-refractivity contribution is 6.10. The van der Waals surface area contributed by atoms with Crippen molar-refractivity contribution < 1.29 is 48.0 Å². The molecule has 4 heterocycles. The summed E-state index contributed by atoms with van der Waals surface area (Å²) in [6.45, 7) is 0.189. The van der Waals surface area contributed by atoms with Crippen LogP contribution in [0.15, 0.2) is 24.3 Å². The van der Waals surface area contributed by atoms with Gasteiger partial charge in [-0.1, -0.05) is 0 Å². The Kier molecular flexibility index (Phi) is 6.90. The number of benzene rings is 2. The van der Waals surface area contributed by atoms with E-state index in [1.54, 1.807) is 0 Å². The van der Waals surface area contributed by atoms with E-state index in [1.807, 2.05) is 0 Å². The van der Waals surface area contributed by atoms with Crippen molar-refractivity contribution in [2.75, 3.05) is 27.4 Å². The van der Waals surface area contributed by atoms with Gasteiger partial charge in [0.05, 0.1) is 74.6 Å². The Morgan fingerprint density at radius 2 is 1.00 bits per heavy atom. The molecule has 0 radical (unpaired) electrons. The molecule has 242 valence electrons. The topological polar surface area (TPSA) is 204 Å². The second-order valence-corrected chi connectivity index (χ2v) is 10.7. The molecule has 18 heteroatoms. The van der Waals surface area contributed by atoms with Gasteiger partial charge in [-0.2, -0.15) is 0 Å². The number of esters is 2. The summed E-state index contributed by atoms with van der Waals surface area (Å²) in [5.41, 5.74) is -5.86. The van der Waals surface area contributed by atoms with Crippen molar-refractivity contribution in [1.82, 2.24) is 19.6 Å². The molecule has 0 N–H and O–H groups in total. The van der Waals surface area contributed by atoms with Crippen molar-refractivity contribution in [1.29, 1.82) is 0 Å². The van der Waals surface area contributed by atoms with Gasteiger partial charge >= 0.3 is 24.0 Å². The minimum absolute atomic E-state index is 0.0274. The summed E-state index contributed by atoms with van der Waals surface area (Å²) in [5.74, 6) is -2.13. The number of ether oxygens (including phenoxy) is 4. The summed E-state index contributed by atoms with van der Waals surface area (Å²) in [5, 5.41) is 24.4. The van der Waals surface area contributed by atoms with Gasteiger partial charge in [-0.05, 0) is 26.0 Å². The van der Waals surface area contributed by atoms with E-state index in [-0.39, 0.29) is 47.0 Å². The molecule has 2 aromatic carbocycles. The summed E-state index contributed by atoms with van der Waals surface area (Å²) in [7, 11) is 2.62. The van der Waals surface area contributed by atoms with Gasteiger partial charge in [-0.3, -0.25) is 39.8 Å². The quantitative estimate of drug-likeness (QED) is 0.231. The molecule has 46 heavy (non-hydrogen) atoms. The zero-order valence-electron chi connectivity index (χ0n) is 25.1. The minimum Gasteiger partial charge on any atom is -0.496 e. The fourth-order valence-corrected chi connectivity index (χ4v) is 7.18. The normalized spacial score (nSPS) is 22.3. The second kappa shape index (κ2) is 10.5. The molecule has 0 bridgehead atoms. The maximum Gasteiger partial charge on any atom is 0.358 e. The van der Waals surface area contributed by atoms with Crippen molar-refractivity contribution in [3.63, 3.8) is 0 Å². The molecule has 0 spiro atoms. The molecule has 6 rings (SSSR count). The van der Waals surface area contributed by atoms with Crippen LogP contribution in [-0.4, -0.2) is 92.2 Å². The third-order valence-electron chi connectivity index (χ3n) is 8.92. The molecule has 2 saturated heterocycles. The van der Waals surface area contributed by atoms with Gasteiger partial charge in [0.15, 0.2) is 0 Å². The molecule has 18 nitrogen and oxygen atoms in total. The second-order valence-electron chi connectivity index (χ2n) is 10.7. The molecule has 0 aromatic heterocycles. The lowest BCUT2D eigenvalue weighted by Crippen LogP contribution is -2.75. The molecular formula is C28H28N6O12. The largest absolute Gasteiger partial charge is 0.496 e. The highest BCUT2D eigenvalue weighted by Gasteiger charge is 2.87. The molecule has 2 aromatic rings. The van der Waals surface area contributed by atoms with Crippen molar-refractivity contribution in [3.05, 3.63) is 66.7 Å². The van der Waals surface area contributed by atoms with Crippen LogP contribution in [0.1, 0.15) is 36.1 Å². The van der Waals surface area contributed by atoms with E-state index in [1.165, 1.54) is 52.3 Å². The molecule has 4 aliphatic heterocycles. The summed E-state index contributed by atoms with van der Waals surface area (Å²) < 4.78 is 22.0. The number of carbonyl (C=O) groups excluding carboxylic acids is 4. The van der Waals surface area contributed by atoms with Gasteiger partial charge < -0.3 is 18.9 Å². The standard InChI is InChI=1S/C28H28N6O12/c1-5-45-23(35)27-28(24(36)46-6-2)30-12-16-18(22(44-4)10-8-20(16)34(41)42)14-32(28)25(37)29(27)11-15-17(13-31(27)26(30)38)21(43-3)9-7-19(15)33(39)40/h7-10H,5-6,11-14H2,1-4H3/t27-,28-/m1/s1. The minimum atomic E-state index is -2.61. The number of hydrogen-bond acceptors (Lipinski definition) is 12. The number of fused-ring (bicyclic) bond motifs is 2.